The molecule has 4 aromatic rings. The van der Waals surface area contributed by atoms with Gasteiger partial charge in [-0.15, -0.1) is 0 Å². The molecule has 0 nitrogen and oxygen atoms in total. The summed E-state index contributed by atoms with van der Waals surface area (Å²) in [6.07, 6.45) is 8.87. The minimum Gasteiger partial charge on any atom is -0.0654 e. The molecule has 4 aromatic carbocycles. The lowest BCUT2D eigenvalue weighted by molar-refractivity contribution is 0.561. The number of benzene rings is 4. The highest BCUT2D eigenvalue weighted by molar-refractivity contribution is 7.90. The van der Waals surface area contributed by atoms with E-state index in [-0.39, 0.29) is 4.90 Å². The summed E-state index contributed by atoms with van der Waals surface area (Å²) < 4.78 is 0. The van der Waals surface area contributed by atoms with E-state index in [4.69, 9.17) is 0 Å². The first-order valence-corrected chi connectivity index (χ1v) is 16.3. The van der Waals surface area contributed by atoms with Gasteiger partial charge >= 0.3 is 0 Å². The van der Waals surface area contributed by atoms with Gasteiger partial charge in [0.05, 0.1) is 0 Å². The minimum absolute atomic E-state index is 0.182. The zero-order valence-electron chi connectivity index (χ0n) is 21.9. The van der Waals surface area contributed by atoms with Gasteiger partial charge in [0, 0.05) is 4.90 Å². The zero-order valence-corrected chi connectivity index (χ0v) is 23.7. The van der Waals surface area contributed by atoms with E-state index in [0.717, 1.165) is 0 Å². The van der Waals surface area contributed by atoms with E-state index in [1.54, 1.807) is 0 Å². The first kappa shape index (κ1) is 26.8. The predicted molar refractivity (Wildman–Crippen MR) is 165 cm³/mol. The lowest BCUT2D eigenvalue weighted by Gasteiger charge is -2.48. The molecule has 0 heterocycles. The quantitative estimate of drug-likeness (QED) is 0.125. The number of hydrogen-bond acceptors (Lipinski definition) is 0. The van der Waals surface area contributed by atoms with Crippen LogP contribution in [0.3, 0.4) is 0 Å². The summed E-state index contributed by atoms with van der Waals surface area (Å²) in [5.41, 5.74) is 0. The molecule has 0 unspecified atom stereocenters. The van der Waals surface area contributed by atoms with Crippen LogP contribution in [0.15, 0.2) is 121 Å². The van der Waals surface area contributed by atoms with Gasteiger partial charge in [0.1, 0.15) is 0 Å². The Hall–Kier alpha value is -2.26. The molecule has 0 aromatic heterocycles. The summed E-state index contributed by atoms with van der Waals surface area (Å²) in [7, 11) is -1.17. The highest BCUT2D eigenvalue weighted by Crippen LogP contribution is 2.69. The van der Waals surface area contributed by atoms with Gasteiger partial charge in [0.2, 0.25) is 0 Å². The van der Waals surface area contributed by atoms with Crippen LogP contribution in [0, 0.1) is 0 Å². The van der Waals surface area contributed by atoms with Crippen molar-refractivity contribution in [3.8, 4) is 0 Å². The van der Waals surface area contributed by atoms with Gasteiger partial charge in [-0.2, -0.15) is 0 Å². The Balaban J connectivity index is 2.03. The predicted octanol–water partition coefficient (Wildman–Crippen LogP) is 8.72. The molecule has 0 spiro atoms. The third-order valence-corrected chi connectivity index (χ3v) is 14.0. The van der Waals surface area contributed by atoms with E-state index in [9.17, 15) is 0 Å². The fourth-order valence-corrected chi connectivity index (χ4v) is 13.5. The molecular weight excluding hydrogens is 470 g/mol. The van der Waals surface area contributed by atoms with Crippen LogP contribution in [0.5, 0.6) is 0 Å². The van der Waals surface area contributed by atoms with E-state index in [1.165, 1.54) is 66.2 Å². The Bertz CT molecular complexity index is 965. The van der Waals surface area contributed by atoms with E-state index in [0.29, 0.717) is 0 Å². The molecule has 0 saturated heterocycles. The molecule has 0 fully saturated rings. The van der Waals surface area contributed by atoms with Gasteiger partial charge in [-0.1, -0.05) is 167 Å². The second-order valence-corrected chi connectivity index (χ2v) is 15.0. The third-order valence-electron chi connectivity index (χ3n) is 7.00. The molecule has 0 bridgehead atoms. The Labute approximate surface area is 221 Å². The highest BCUT2D eigenvalue weighted by atomic mass is 31.2. The van der Waals surface area contributed by atoms with Crippen LogP contribution in [0.25, 0.3) is 0 Å². The fourth-order valence-electron chi connectivity index (χ4n) is 5.36. The second-order valence-electron chi connectivity index (χ2n) is 9.56. The molecule has 0 radical (unpaired) electrons. The van der Waals surface area contributed by atoms with Crippen molar-refractivity contribution in [2.24, 2.45) is 0 Å². The van der Waals surface area contributed by atoms with Crippen molar-refractivity contribution in [3.63, 3.8) is 0 Å². The maximum Gasteiger partial charge on any atom is 0.0267 e. The molecule has 0 aliphatic carbocycles. The van der Waals surface area contributed by atoms with Crippen LogP contribution in [-0.4, -0.2) is 4.90 Å². The lowest BCUT2D eigenvalue weighted by atomic mass is 10.1. The van der Waals surface area contributed by atoms with Crippen molar-refractivity contribution in [3.05, 3.63) is 121 Å². The summed E-state index contributed by atoms with van der Waals surface area (Å²) in [5.74, 6) is 0. The third kappa shape index (κ3) is 6.35. The fraction of sp³-hybridized carbons (Fsp3) is 0.294. The smallest absolute Gasteiger partial charge is 0.0267 e. The second kappa shape index (κ2) is 13.9. The van der Waals surface area contributed by atoms with Crippen molar-refractivity contribution in [2.75, 3.05) is 0 Å². The van der Waals surface area contributed by atoms with Crippen LogP contribution in [0.1, 0.15) is 58.8 Å². The molecule has 186 valence electrons. The molecule has 0 N–H and O–H groups in total. The summed E-state index contributed by atoms with van der Waals surface area (Å²) >= 11 is 0. The highest BCUT2D eigenvalue weighted by Gasteiger charge is 2.46. The van der Waals surface area contributed by atoms with Crippen molar-refractivity contribution >= 4 is 37.1 Å². The summed E-state index contributed by atoms with van der Waals surface area (Å²) in [6.45, 7) is 4.69. The standard InChI is InChI=1S/C34H40P2/c1-3-5-19-29-34(28-6-4-2,35(30-20-11-7-12-21-30)31-22-13-8-14-23-31)36(32-24-15-9-16-25-32)33-26-17-10-18-27-33/h7-18,20-27H,3-6,19,28-29H2,1-2H3. The largest absolute Gasteiger partial charge is 0.0654 e. The molecule has 0 amide bonds. The minimum atomic E-state index is -0.585. The van der Waals surface area contributed by atoms with Crippen LogP contribution in [0.2, 0.25) is 0 Å². The summed E-state index contributed by atoms with van der Waals surface area (Å²) in [6, 6.07) is 45.9. The van der Waals surface area contributed by atoms with Crippen LogP contribution < -0.4 is 21.2 Å². The maximum atomic E-state index is 2.41. The molecular formula is C34H40P2. The molecule has 36 heavy (non-hydrogen) atoms. The average Bonchev–Trinajstić information content (AvgIpc) is 2.94. The number of unbranched alkanes of at least 4 members (excludes halogenated alkanes) is 3. The molecule has 0 aliphatic heterocycles. The molecule has 2 heteroatoms. The van der Waals surface area contributed by atoms with E-state index >= 15 is 0 Å². The van der Waals surface area contributed by atoms with Crippen molar-refractivity contribution < 1.29 is 0 Å². The van der Waals surface area contributed by atoms with Gasteiger partial charge < -0.3 is 0 Å². The Morgan fingerprint density at radius 3 is 1.03 bits per heavy atom. The first-order chi connectivity index (χ1) is 17.8. The molecule has 0 aliphatic rings. The SMILES string of the molecule is CCCCCC(CCCC)(P(c1ccccc1)c1ccccc1)P(c1ccccc1)c1ccccc1. The van der Waals surface area contributed by atoms with E-state index in [2.05, 4.69) is 135 Å². The molecule has 0 atom stereocenters. The van der Waals surface area contributed by atoms with Crippen molar-refractivity contribution in [1.82, 2.24) is 0 Å². The topological polar surface area (TPSA) is 0 Å². The average molecular weight is 511 g/mol. The van der Waals surface area contributed by atoms with Crippen LogP contribution >= 0.6 is 15.8 Å². The Kier molecular flexibility index (Phi) is 10.3. The van der Waals surface area contributed by atoms with E-state index < -0.39 is 15.8 Å². The number of rotatable bonds is 13. The lowest BCUT2D eigenvalue weighted by Crippen LogP contribution is -2.39. The first-order valence-electron chi connectivity index (χ1n) is 13.6. The Morgan fingerprint density at radius 1 is 0.417 bits per heavy atom. The van der Waals surface area contributed by atoms with Crippen LogP contribution in [-0.2, 0) is 0 Å². The number of hydrogen-bond donors (Lipinski definition) is 0. The monoisotopic (exact) mass is 510 g/mol. The summed E-state index contributed by atoms with van der Waals surface area (Å²) in [5, 5.41) is 6.08. The van der Waals surface area contributed by atoms with Crippen molar-refractivity contribution in [1.29, 1.82) is 0 Å². The van der Waals surface area contributed by atoms with Gasteiger partial charge in [-0.05, 0) is 49.9 Å². The van der Waals surface area contributed by atoms with E-state index in [1.807, 2.05) is 0 Å². The maximum absolute atomic E-state index is 2.41. The zero-order chi connectivity index (χ0) is 25.1. The summed E-state index contributed by atoms with van der Waals surface area (Å²) in [4.78, 5) is 0.182. The molecule has 4 rings (SSSR count). The Morgan fingerprint density at radius 2 is 0.722 bits per heavy atom. The van der Waals surface area contributed by atoms with Crippen LogP contribution in [0.4, 0.5) is 0 Å². The van der Waals surface area contributed by atoms with Gasteiger partial charge in [0.25, 0.3) is 0 Å². The van der Waals surface area contributed by atoms with Crippen molar-refractivity contribution in [2.45, 2.75) is 63.7 Å². The van der Waals surface area contributed by atoms with Gasteiger partial charge in [0.15, 0.2) is 0 Å². The van der Waals surface area contributed by atoms with Gasteiger partial charge in [-0.25, -0.2) is 0 Å². The normalized spacial score (nSPS) is 11.8. The van der Waals surface area contributed by atoms with Gasteiger partial charge in [-0.3, -0.25) is 0 Å². The molecule has 0 saturated carbocycles.